The van der Waals surface area contributed by atoms with E-state index in [2.05, 4.69) is 32.7 Å². The Morgan fingerprint density at radius 2 is 1.89 bits per heavy atom. The number of aromatic nitrogens is 2. The molecule has 0 unspecified atom stereocenters. The Hall–Kier alpha value is -2.96. The van der Waals surface area contributed by atoms with Crippen molar-refractivity contribution >= 4 is 17.6 Å². The summed E-state index contributed by atoms with van der Waals surface area (Å²) in [6.07, 6.45) is 4.24. The van der Waals surface area contributed by atoms with Crippen molar-refractivity contribution in [2.45, 2.75) is 32.1 Å². The number of carbonyl (C=O) groups excluding carboxylic acids is 2. The zero-order chi connectivity index (χ0) is 19.3. The minimum Gasteiger partial charge on any atom is -0.361 e. The Morgan fingerprint density at radius 3 is 2.68 bits per heavy atom. The fraction of sp³-hybridized carbons (Fsp3) is 0.429. The molecule has 146 valence electrons. The van der Waals surface area contributed by atoms with E-state index in [0.717, 1.165) is 37.9 Å². The van der Waals surface area contributed by atoms with E-state index >= 15 is 0 Å². The molecule has 4 rings (SSSR count). The highest BCUT2D eigenvalue weighted by Crippen LogP contribution is 2.21. The number of amides is 2. The van der Waals surface area contributed by atoms with Crippen LogP contribution in [0, 0.1) is 0 Å². The van der Waals surface area contributed by atoms with E-state index in [1.54, 1.807) is 0 Å². The van der Waals surface area contributed by atoms with Crippen molar-refractivity contribution < 1.29 is 9.59 Å². The molecule has 0 aliphatic carbocycles. The van der Waals surface area contributed by atoms with Crippen molar-refractivity contribution in [3.05, 3.63) is 53.0 Å². The third-order valence-electron chi connectivity index (χ3n) is 5.27. The van der Waals surface area contributed by atoms with Gasteiger partial charge >= 0.3 is 0 Å². The largest absolute Gasteiger partial charge is 0.361 e. The van der Waals surface area contributed by atoms with Gasteiger partial charge in [-0.3, -0.25) is 9.59 Å². The van der Waals surface area contributed by atoms with Crippen LogP contribution in [-0.2, 0) is 24.1 Å². The van der Waals surface area contributed by atoms with Gasteiger partial charge in [0.15, 0.2) is 0 Å². The van der Waals surface area contributed by atoms with Gasteiger partial charge in [-0.2, -0.15) is 0 Å². The summed E-state index contributed by atoms with van der Waals surface area (Å²) < 4.78 is 0. The number of hydrogen-bond acceptors (Lipinski definition) is 5. The van der Waals surface area contributed by atoms with Crippen molar-refractivity contribution in [2.24, 2.45) is 0 Å². The van der Waals surface area contributed by atoms with E-state index < -0.39 is 0 Å². The zero-order valence-electron chi connectivity index (χ0n) is 15.9. The molecule has 7 heteroatoms. The van der Waals surface area contributed by atoms with Crippen LogP contribution in [0.4, 0.5) is 5.82 Å². The second kappa shape index (κ2) is 8.37. The van der Waals surface area contributed by atoms with Gasteiger partial charge in [-0.15, -0.1) is 0 Å². The maximum Gasteiger partial charge on any atom is 0.270 e. The van der Waals surface area contributed by atoms with Gasteiger partial charge in [-0.05, 0) is 31.2 Å². The Labute approximate surface area is 164 Å². The molecule has 0 saturated carbocycles. The standard InChI is InChI=1S/C21H25N5O2/c27-18(26-12-4-5-13-26)14-23-20-16-10-11-22-21(28)19(16)24-17(25-20)9-8-15-6-2-1-3-7-15/h1-3,6-7H,4-5,8-14H2,(H,22,28)(H,23,24,25). The van der Waals surface area contributed by atoms with E-state index in [4.69, 9.17) is 0 Å². The molecule has 1 aromatic carbocycles. The van der Waals surface area contributed by atoms with Gasteiger partial charge in [0.05, 0.1) is 6.54 Å². The van der Waals surface area contributed by atoms with Crippen molar-refractivity contribution in [3.8, 4) is 0 Å². The molecule has 2 amide bonds. The number of nitrogens with zero attached hydrogens (tertiary/aromatic N) is 3. The number of aryl methyl sites for hydroxylation is 2. The highest BCUT2D eigenvalue weighted by atomic mass is 16.2. The number of benzene rings is 1. The molecule has 1 aromatic heterocycles. The van der Waals surface area contributed by atoms with E-state index in [0.29, 0.717) is 36.7 Å². The molecule has 2 N–H and O–H groups in total. The number of hydrogen-bond donors (Lipinski definition) is 2. The summed E-state index contributed by atoms with van der Waals surface area (Å²) in [7, 11) is 0. The van der Waals surface area contributed by atoms with Crippen LogP contribution in [0.1, 0.15) is 40.3 Å². The summed E-state index contributed by atoms with van der Waals surface area (Å²) in [5.74, 6) is 1.15. The number of nitrogens with one attached hydrogen (secondary N) is 2. The average molecular weight is 379 g/mol. The summed E-state index contributed by atoms with van der Waals surface area (Å²) in [5.41, 5.74) is 2.44. The second-order valence-corrected chi connectivity index (χ2v) is 7.25. The number of carbonyl (C=O) groups is 2. The van der Waals surface area contributed by atoms with E-state index in [1.807, 2.05) is 23.1 Å². The first-order valence-electron chi connectivity index (χ1n) is 9.94. The topological polar surface area (TPSA) is 87.2 Å². The van der Waals surface area contributed by atoms with Crippen LogP contribution in [-0.4, -0.2) is 52.9 Å². The lowest BCUT2D eigenvalue weighted by molar-refractivity contribution is -0.128. The van der Waals surface area contributed by atoms with E-state index in [-0.39, 0.29) is 18.4 Å². The third-order valence-corrected chi connectivity index (χ3v) is 5.27. The van der Waals surface area contributed by atoms with Crippen LogP contribution in [0.25, 0.3) is 0 Å². The first-order chi connectivity index (χ1) is 13.7. The second-order valence-electron chi connectivity index (χ2n) is 7.25. The number of anilines is 1. The molecule has 2 aliphatic heterocycles. The highest BCUT2D eigenvalue weighted by molar-refractivity contribution is 5.96. The molecule has 2 aromatic rings. The van der Waals surface area contributed by atoms with E-state index in [1.165, 1.54) is 5.56 Å². The maximum absolute atomic E-state index is 12.4. The fourth-order valence-electron chi connectivity index (χ4n) is 3.74. The molecule has 2 aliphatic rings. The molecule has 28 heavy (non-hydrogen) atoms. The Morgan fingerprint density at radius 1 is 1.11 bits per heavy atom. The molecule has 1 fully saturated rings. The lowest BCUT2D eigenvalue weighted by Gasteiger charge is -2.21. The molecule has 0 atom stereocenters. The normalized spacial score (nSPS) is 15.9. The maximum atomic E-state index is 12.4. The van der Waals surface area contributed by atoms with Crippen LogP contribution < -0.4 is 10.6 Å². The third kappa shape index (κ3) is 4.13. The summed E-state index contributed by atoms with van der Waals surface area (Å²) in [5, 5.41) is 6.03. The Balaban J connectivity index is 1.52. The first-order valence-corrected chi connectivity index (χ1v) is 9.94. The molecular weight excluding hydrogens is 354 g/mol. The van der Waals surface area contributed by atoms with Gasteiger partial charge in [0.25, 0.3) is 5.91 Å². The van der Waals surface area contributed by atoms with Crippen LogP contribution in [0.3, 0.4) is 0 Å². The molecule has 0 bridgehead atoms. The van der Waals surface area contributed by atoms with Gasteiger partial charge in [-0.25, -0.2) is 9.97 Å². The molecular formula is C21H25N5O2. The van der Waals surface area contributed by atoms with Gasteiger partial charge in [0.2, 0.25) is 5.91 Å². The fourth-order valence-corrected chi connectivity index (χ4v) is 3.74. The zero-order valence-corrected chi connectivity index (χ0v) is 15.9. The Kier molecular flexibility index (Phi) is 5.50. The van der Waals surface area contributed by atoms with Crippen LogP contribution >= 0.6 is 0 Å². The van der Waals surface area contributed by atoms with Gasteiger partial charge in [0.1, 0.15) is 17.3 Å². The van der Waals surface area contributed by atoms with Gasteiger partial charge < -0.3 is 15.5 Å². The van der Waals surface area contributed by atoms with Gasteiger partial charge in [-0.1, -0.05) is 30.3 Å². The van der Waals surface area contributed by atoms with Crippen molar-refractivity contribution in [1.82, 2.24) is 20.2 Å². The SMILES string of the molecule is O=C1NCCc2c(NCC(=O)N3CCCC3)nc(CCc3ccccc3)nc21. The quantitative estimate of drug-likeness (QED) is 0.796. The monoisotopic (exact) mass is 379 g/mol. The predicted molar refractivity (Wildman–Crippen MR) is 106 cm³/mol. The van der Waals surface area contributed by atoms with Gasteiger partial charge in [0, 0.05) is 31.6 Å². The molecule has 0 radical (unpaired) electrons. The number of likely N-dealkylation sites (tertiary alicyclic amines) is 1. The van der Waals surface area contributed by atoms with Crippen LogP contribution in [0.5, 0.6) is 0 Å². The molecule has 7 nitrogen and oxygen atoms in total. The molecule has 3 heterocycles. The van der Waals surface area contributed by atoms with Crippen molar-refractivity contribution in [2.75, 3.05) is 31.5 Å². The summed E-state index contributed by atoms with van der Waals surface area (Å²) in [4.78, 5) is 35.8. The minimum absolute atomic E-state index is 0.0796. The number of rotatable bonds is 6. The lowest BCUT2D eigenvalue weighted by atomic mass is 10.1. The van der Waals surface area contributed by atoms with E-state index in [9.17, 15) is 9.59 Å². The minimum atomic E-state index is -0.168. The van der Waals surface area contributed by atoms with Crippen molar-refractivity contribution in [3.63, 3.8) is 0 Å². The van der Waals surface area contributed by atoms with Crippen LogP contribution in [0.15, 0.2) is 30.3 Å². The first kappa shape index (κ1) is 18.4. The lowest BCUT2D eigenvalue weighted by Crippen LogP contribution is -2.36. The van der Waals surface area contributed by atoms with Crippen LogP contribution in [0.2, 0.25) is 0 Å². The molecule has 0 spiro atoms. The Bertz CT molecular complexity index is 863. The number of fused-ring (bicyclic) bond motifs is 1. The summed E-state index contributed by atoms with van der Waals surface area (Å²) >= 11 is 0. The van der Waals surface area contributed by atoms with Crippen molar-refractivity contribution in [1.29, 1.82) is 0 Å². The molecule has 1 saturated heterocycles. The summed E-state index contributed by atoms with van der Waals surface area (Å²) in [6.45, 7) is 2.41. The smallest absolute Gasteiger partial charge is 0.270 e. The predicted octanol–water partition coefficient (Wildman–Crippen LogP) is 1.58. The highest BCUT2D eigenvalue weighted by Gasteiger charge is 2.24. The average Bonchev–Trinajstić information content (AvgIpc) is 3.27. The summed E-state index contributed by atoms with van der Waals surface area (Å²) in [6, 6.07) is 10.1.